The van der Waals surface area contributed by atoms with E-state index in [2.05, 4.69) is 51.5 Å². The molecule has 33 heavy (non-hydrogen) atoms. The van der Waals surface area contributed by atoms with Crippen molar-refractivity contribution in [1.29, 1.82) is 0 Å². The van der Waals surface area contributed by atoms with Gasteiger partial charge in [0.2, 0.25) is 5.91 Å². The van der Waals surface area contributed by atoms with Crippen LogP contribution in [0.1, 0.15) is 29.8 Å². The standard InChI is InChI=1S/C24H34N6O2.HI/c1-18-16-19(2)30(27-18)22-7-5-4-6-21(22)17-26-24(25-3)29-10-8-20(9-11-29)23(31)28-12-14-32-15-13-28;/h4-7,16,20H,8-15,17H2,1-3H3,(H,25,26);1H. The number of likely N-dealkylation sites (tertiary alicyclic amines) is 1. The van der Waals surface area contributed by atoms with Crippen LogP contribution in [0.2, 0.25) is 0 Å². The molecule has 1 aromatic carbocycles. The number of rotatable bonds is 4. The number of aliphatic imine (C=N–C) groups is 1. The predicted octanol–water partition coefficient (Wildman–Crippen LogP) is 2.75. The maximum absolute atomic E-state index is 12.8. The van der Waals surface area contributed by atoms with Gasteiger partial charge in [0.1, 0.15) is 0 Å². The number of carbonyl (C=O) groups is 1. The molecule has 0 atom stereocenters. The Balaban J connectivity index is 0.00000306. The van der Waals surface area contributed by atoms with Crippen LogP contribution in [0.4, 0.5) is 0 Å². The molecule has 2 aromatic rings. The summed E-state index contributed by atoms with van der Waals surface area (Å²) in [5, 5.41) is 8.17. The van der Waals surface area contributed by atoms with E-state index in [9.17, 15) is 4.79 Å². The van der Waals surface area contributed by atoms with Crippen molar-refractivity contribution >= 4 is 35.8 Å². The number of piperidine rings is 1. The van der Waals surface area contributed by atoms with Crippen LogP contribution >= 0.6 is 24.0 Å². The number of aromatic nitrogens is 2. The molecule has 9 heteroatoms. The van der Waals surface area contributed by atoms with Gasteiger partial charge in [-0.2, -0.15) is 5.10 Å². The van der Waals surface area contributed by atoms with Gasteiger partial charge >= 0.3 is 0 Å². The molecule has 0 saturated carbocycles. The van der Waals surface area contributed by atoms with E-state index in [1.807, 2.05) is 29.6 Å². The average molecular weight is 566 g/mol. The summed E-state index contributed by atoms with van der Waals surface area (Å²) >= 11 is 0. The van der Waals surface area contributed by atoms with E-state index < -0.39 is 0 Å². The largest absolute Gasteiger partial charge is 0.378 e. The summed E-state index contributed by atoms with van der Waals surface area (Å²) in [6.45, 7) is 9.16. The quantitative estimate of drug-likeness (QED) is 0.350. The molecule has 1 aromatic heterocycles. The molecule has 0 radical (unpaired) electrons. The number of hydrogen-bond donors (Lipinski definition) is 1. The van der Waals surface area contributed by atoms with Gasteiger partial charge in [0.15, 0.2) is 5.96 Å². The Morgan fingerprint density at radius 2 is 1.82 bits per heavy atom. The molecule has 4 rings (SSSR count). The SMILES string of the molecule is CN=C(NCc1ccccc1-n1nc(C)cc1C)N1CCC(C(=O)N2CCOCC2)CC1.I. The highest BCUT2D eigenvalue weighted by molar-refractivity contribution is 14.0. The lowest BCUT2D eigenvalue weighted by molar-refractivity contribution is -0.140. The van der Waals surface area contributed by atoms with Gasteiger partial charge in [0.05, 0.1) is 24.6 Å². The molecular formula is C24H35IN6O2. The van der Waals surface area contributed by atoms with Crippen LogP contribution in [-0.2, 0) is 16.1 Å². The van der Waals surface area contributed by atoms with Crippen molar-refractivity contribution in [1.82, 2.24) is 24.9 Å². The van der Waals surface area contributed by atoms with E-state index in [1.165, 1.54) is 0 Å². The van der Waals surface area contributed by atoms with E-state index in [4.69, 9.17) is 4.74 Å². The van der Waals surface area contributed by atoms with Gasteiger partial charge in [0.25, 0.3) is 0 Å². The predicted molar refractivity (Wildman–Crippen MR) is 140 cm³/mol. The molecule has 1 N–H and O–H groups in total. The van der Waals surface area contributed by atoms with Gasteiger partial charge in [-0.15, -0.1) is 24.0 Å². The summed E-state index contributed by atoms with van der Waals surface area (Å²) in [7, 11) is 1.82. The van der Waals surface area contributed by atoms with Crippen molar-refractivity contribution in [2.45, 2.75) is 33.2 Å². The van der Waals surface area contributed by atoms with E-state index in [1.54, 1.807) is 0 Å². The fraction of sp³-hybridized carbons (Fsp3) is 0.542. The van der Waals surface area contributed by atoms with Gasteiger partial charge in [-0.05, 0) is 44.4 Å². The van der Waals surface area contributed by atoms with Crippen molar-refractivity contribution in [2.75, 3.05) is 46.4 Å². The van der Waals surface area contributed by atoms with Crippen LogP contribution in [0.15, 0.2) is 35.3 Å². The maximum Gasteiger partial charge on any atom is 0.225 e. The normalized spacial score (nSPS) is 17.6. The highest BCUT2D eigenvalue weighted by Gasteiger charge is 2.30. The number of halogens is 1. The van der Waals surface area contributed by atoms with Gasteiger partial charge in [-0.25, -0.2) is 4.68 Å². The molecule has 0 aliphatic carbocycles. The van der Waals surface area contributed by atoms with Crippen LogP contribution in [0.25, 0.3) is 5.69 Å². The molecule has 2 aliphatic rings. The first-order valence-electron chi connectivity index (χ1n) is 11.5. The third-order valence-electron chi connectivity index (χ3n) is 6.34. The van der Waals surface area contributed by atoms with Gasteiger partial charge in [-0.1, -0.05) is 18.2 Å². The Morgan fingerprint density at radius 1 is 1.12 bits per heavy atom. The second kappa shape index (κ2) is 11.8. The Labute approximate surface area is 213 Å². The smallest absolute Gasteiger partial charge is 0.225 e. The number of ether oxygens (including phenoxy) is 1. The molecule has 0 spiro atoms. The van der Waals surface area contributed by atoms with Crippen molar-refractivity contribution in [3.8, 4) is 5.69 Å². The second-order valence-corrected chi connectivity index (χ2v) is 8.57. The number of nitrogens with one attached hydrogen (secondary N) is 1. The fourth-order valence-electron chi connectivity index (χ4n) is 4.63. The van der Waals surface area contributed by atoms with Crippen LogP contribution in [0.3, 0.4) is 0 Å². The summed E-state index contributed by atoms with van der Waals surface area (Å²) in [4.78, 5) is 21.5. The fourth-order valence-corrected chi connectivity index (χ4v) is 4.63. The summed E-state index contributed by atoms with van der Waals surface area (Å²) in [5.74, 6) is 1.27. The molecular weight excluding hydrogens is 531 g/mol. The third kappa shape index (κ3) is 6.06. The number of para-hydroxylation sites is 1. The molecule has 1 amide bonds. The molecule has 3 heterocycles. The number of nitrogens with zero attached hydrogens (tertiary/aromatic N) is 5. The molecule has 2 aliphatic heterocycles. The first-order valence-corrected chi connectivity index (χ1v) is 11.5. The zero-order valence-corrected chi connectivity index (χ0v) is 22.1. The zero-order chi connectivity index (χ0) is 22.5. The van der Waals surface area contributed by atoms with Gasteiger partial charge < -0.3 is 19.9 Å². The van der Waals surface area contributed by atoms with Crippen LogP contribution in [0, 0.1) is 19.8 Å². The number of guanidine groups is 1. The number of amides is 1. The number of morpholine rings is 1. The van der Waals surface area contributed by atoms with Crippen molar-refractivity contribution in [3.63, 3.8) is 0 Å². The van der Waals surface area contributed by atoms with Gasteiger partial charge in [0, 0.05) is 51.4 Å². The minimum Gasteiger partial charge on any atom is -0.378 e. The molecule has 0 bridgehead atoms. The average Bonchev–Trinajstić information content (AvgIpc) is 3.17. The lowest BCUT2D eigenvalue weighted by Gasteiger charge is -2.36. The van der Waals surface area contributed by atoms with E-state index >= 15 is 0 Å². The lowest BCUT2D eigenvalue weighted by Crippen LogP contribution is -2.49. The van der Waals surface area contributed by atoms with Crippen LogP contribution in [-0.4, -0.2) is 77.9 Å². The van der Waals surface area contributed by atoms with Crippen LogP contribution in [0.5, 0.6) is 0 Å². The van der Waals surface area contributed by atoms with E-state index in [0.29, 0.717) is 19.8 Å². The monoisotopic (exact) mass is 566 g/mol. The highest BCUT2D eigenvalue weighted by atomic mass is 127. The molecule has 2 saturated heterocycles. The number of benzene rings is 1. The first kappa shape index (κ1) is 25.5. The molecule has 2 fully saturated rings. The van der Waals surface area contributed by atoms with Crippen molar-refractivity contribution < 1.29 is 9.53 Å². The first-order chi connectivity index (χ1) is 15.6. The maximum atomic E-state index is 12.8. The summed E-state index contributed by atoms with van der Waals surface area (Å²) in [6.07, 6.45) is 1.72. The Kier molecular flexibility index (Phi) is 9.13. The summed E-state index contributed by atoms with van der Waals surface area (Å²) in [6, 6.07) is 10.4. The molecule has 0 unspecified atom stereocenters. The second-order valence-electron chi connectivity index (χ2n) is 8.57. The summed E-state index contributed by atoms with van der Waals surface area (Å²) < 4.78 is 7.37. The van der Waals surface area contributed by atoms with E-state index in [-0.39, 0.29) is 35.8 Å². The van der Waals surface area contributed by atoms with Crippen molar-refractivity contribution in [2.24, 2.45) is 10.9 Å². The Morgan fingerprint density at radius 3 is 2.45 bits per heavy atom. The topological polar surface area (TPSA) is 75.0 Å². The van der Waals surface area contributed by atoms with Crippen molar-refractivity contribution in [3.05, 3.63) is 47.3 Å². The van der Waals surface area contributed by atoms with Crippen LogP contribution < -0.4 is 5.32 Å². The number of hydrogen-bond acceptors (Lipinski definition) is 4. The lowest BCUT2D eigenvalue weighted by atomic mass is 9.95. The number of aryl methyl sites for hydroxylation is 2. The zero-order valence-electron chi connectivity index (χ0n) is 19.8. The van der Waals surface area contributed by atoms with Gasteiger partial charge in [-0.3, -0.25) is 9.79 Å². The Bertz CT molecular complexity index is 962. The van der Waals surface area contributed by atoms with E-state index in [0.717, 1.165) is 67.6 Å². The number of carbonyl (C=O) groups excluding carboxylic acids is 1. The molecule has 180 valence electrons. The Hall–Kier alpha value is -2.14. The minimum absolute atomic E-state index is 0. The molecule has 8 nitrogen and oxygen atoms in total. The summed E-state index contributed by atoms with van der Waals surface area (Å²) in [5.41, 5.74) is 4.37. The third-order valence-corrected chi connectivity index (χ3v) is 6.34. The highest BCUT2D eigenvalue weighted by Crippen LogP contribution is 2.21. The minimum atomic E-state index is 0.